The van der Waals surface area contributed by atoms with E-state index in [4.69, 9.17) is 17.3 Å². The molecule has 0 radical (unpaired) electrons. The predicted molar refractivity (Wildman–Crippen MR) is 50.1 cm³/mol. The summed E-state index contributed by atoms with van der Waals surface area (Å²) in [7, 11) is 0. The third-order valence-corrected chi connectivity index (χ3v) is 2.13. The van der Waals surface area contributed by atoms with Crippen molar-refractivity contribution in [1.29, 1.82) is 0 Å². The number of benzene rings is 1. The summed E-state index contributed by atoms with van der Waals surface area (Å²) < 4.78 is 0. The lowest BCUT2D eigenvalue weighted by Crippen LogP contribution is -2.23. The summed E-state index contributed by atoms with van der Waals surface area (Å²) in [5.74, 6) is 0. The molecular weight excluding hydrogens is 174 g/mol. The average Bonchev–Trinajstić information content (AvgIpc) is 2.04. The van der Waals surface area contributed by atoms with Gasteiger partial charge in [0.15, 0.2) is 0 Å². The molecule has 0 aliphatic heterocycles. The molecule has 0 aliphatic carbocycles. The number of hydrogen-bond acceptors (Lipinski definition) is 2. The monoisotopic (exact) mass is 185 g/mol. The maximum absolute atomic E-state index is 9.22. The van der Waals surface area contributed by atoms with Crippen LogP contribution in [0, 0.1) is 0 Å². The standard InChI is InChI=1S/C9H12ClNO/c1-6(12)9(11)7-4-2-3-5-8(7)10/h2-6,9,12H,11H2,1H3/t6-,9+/m1/s1. The maximum atomic E-state index is 9.22. The second-order valence-corrected chi connectivity index (χ2v) is 3.20. The van der Waals surface area contributed by atoms with E-state index in [1.807, 2.05) is 18.2 Å². The molecule has 0 unspecified atom stereocenters. The third kappa shape index (κ3) is 1.97. The smallest absolute Gasteiger partial charge is 0.0705 e. The fourth-order valence-corrected chi connectivity index (χ4v) is 1.27. The summed E-state index contributed by atoms with van der Waals surface area (Å²) in [6, 6.07) is 6.86. The minimum absolute atomic E-state index is 0.404. The lowest BCUT2D eigenvalue weighted by molar-refractivity contribution is 0.164. The van der Waals surface area contributed by atoms with Crippen LogP contribution in [0.4, 0.5) is 0 Å². The molecule has 0 saturated carbocycles. The Bertz CT molecular complexity index is 262. The van der Waals surface area contributed by atoms with Crippen molar-refractivity contribution in [3.8, 4) is 0 Å². The van der Waals surface area contributed by atoms with E-state index in [-0.39, 0.29) is 0 Å². The molecule has 2 nitrogen and oxygen atoms in total. The molecular formula is C9H12ClNO. The lowest BCUT2D eigenvalue weighted by atomic mass is 10.0. The van der Waals surface area contributed by atoms with Gasteiger partial charge in [-0.15, -0.1) is 0 Å². The maximum Gasteiger partial charge on any atom is 0.0705 e. The number of rotatable bonds is 2. The number of aliphatic hydroxyl groups is 1. The molecule has 1 aromatic rings. The zero-order chi connectivity index (χ0) is 9.14. The summed E-state index contributed by atoms with van der Waals surface area (Å²) in [4.78, 5) is 0. The van der Waals surface area contributed by atoms with Gasteiger partial charge in [0.25, 0.3) is 0 Å². The van der Waals surface area contributed by atoms with Gasteiger partial charge in [-0.25, -0.2) is 0 Å². The highest BCUT2D eigenvalue weighted by atomic mass is 35.5. The Balaban J connectivity index is 2.94. The Labute approximate surface area is 77.0 Å². The van der Waals surface area contributed by atoms with Crippen molar-refractivity contribution in [3.63, 3.8) is 0 Å². The van der Waals surface area contributed by atoms with Crippen LogP contribution in [0.25, 0.3) is 0 Å². The van der Waals surface area contributed by atoms with E-state index >= 15 is 0 Å². The molecule has 0 aromatic heterocycles. The van der Waals surface area contributed by atoms with Crippen LogP contribution in [-0.4, -0.2) is 11.2 Å². The molecule has 0 aliphatic rings. The summed E-state index contributed by atoms with van der Waals surface area (Å²) in [5, 5.41) is 9.82. The molecule has 66 valence electrons. The lowest BCUT2D eigenvalue weighted by Gasteiger charge is -2.15. The SMILES string of the molecule is C[C@@H](O)[C@H](N)c1ccccc1Cl. The highest BCUT2D eigenvalue weighted by Gasteiger charge is 2.13. The van der Waals surface area contributed by atoms with Crippen LogP contribution >= 0.6 is 11.6 Å². The topological polar surface area (TPSA) is 46.2 Å². The predicted octanol–water partition coefficient (Wildman–Crippen LogP) is 1.72. The zero-order valence-corrected chi connectivity index (χ0v) is 7.62. The Kier molecular flexibility index (Phi) is 3.09. The van der Waals surface area contributed by atoms with Crippen molar-refractivity contribution in [1.82, 2.24) is 0 Å². The minimum Gasteiger partial charge on any atom is -0.391 e. The quantitative estimate of drug-likeness (QED) is 0.737. The molecule has 0 bridgehead atoms. The average molecular weight is 186 g/mol. The van der Waals surface area contributed by atoms with Gasteiger partial charge in [-0.1, -0.05) is 29.8 Å². The molecule has 1 rings (SSSR count). The van der Waals surface area contributed by atoms with E-state index < -0.39 is 12.1 Å². The Hall–Kier alpha value is -0.570. The third-order valence-electron chi connectivity index (χ3n) is 1.78. The van der Waals surface area contributed by atoms with Crippen molar-refractivity contribution < 1.29 is 5.11 Å². The summed E-state index contributed by atoms with van der Waals surface area (Å²) in [6.45, 7) is 1.65. The summed E-state index contributed by atoms with van der Waals surface area (Å²) in [5.41, 5.74) is 6.49. The van der Waals surface area contributed by atoms with Gasteiger partial charge in [0.2, 0.25) is 0 Å². The molecule has 12 heavy (non-hydrogen) atoms. The molecule has 3 heteroatoms. The molecule has 0 spiro atoms. The van der Waals surface area contributed by atoms with E-state index in [2.05, 4.69) is 0 Å². The second-order valence-electron chi connectivity index (χ2n) is 2.79. The van der Waals surface area contributed by atoms with Crippen LogP contribution in [0.15, 0.2) is 24.3 Å². The van der Waals surface area contributed by atoms with Crippen LogP contribution in [0.1, 0.15) is 18.5 Å². The number of hydrogen-bond donors (Lipinski definition) is 2. The van der Waals surface area contributed by atoms with Crippen LogP contribution < -0.4 is 5.73 Å². The van der Waals surface area contributed by atoms with Crippen molar-refractivity contribution in [3.05, 3.63) is 34.9 Å². The summed E-state index contributed by atoms with van der Waals surface area (Å²) >= 11 is 5.87. The van der Waals surface area contributed by atoms with Crippen molar-refractivity contribution in [2.24, 2.45) is 5.73 Å². The van der Waals surface area contributed by atoms with E-state index in [0.717, 1.165) is 5.56 Å². The Morgan fingerprint density at radius 2 is 2.00 bits per heavy atom. The van der Waals surface area contributed by atoms with Gasteiger partial charge in [0.05, 0.1) is 12.1 Å². The molecule has 0 saturated heterocycles. The van der Waals surface area contributed by atoms with Gasteiger partial charge >= 0.3 is 0 Å². The molecule has 2 atom stereocenters. The highest BCUT2D eigenvalue weighted by Crippen LogP contribution is 2.22. The first-order chi connectivity index (χ1) is 5.63. The van der Waals surface area contributed by atoms with E-state index in [1.54, 1.807) is 13.0 Å². The first-order valence-corrected chi connectivity index (χ1v) is 4.19. The molecule has 0 amide bonds. The van der Waals surface area contributed by atoms with Crippen LogP contribution in [0.3, 0.4) is 0 Å². The van der Waals surface area contributed by atoms with Crippen LogP contribution in [0.5, 0.6) is 0 Å². The van der Waals surface area contributed by atoms with Crippen molar-refractivity contribution in [2.75, 3.05) is 0 Å². The van der Waals surface area contributed by atoms with Gasteiger partial charge in [-0.2, -0.15) is 0 Å². The van der Waals surface area contributed by atoms with Gasteiger partial charge in [0.1, 0.15) is 0 Å². The van der Waals surface area contributed by atoms with Gasteiger partial charge in [0, 0.05) is 5.02 Å². The Morgan fingerprint density at radius 1 is 1.42 bits per heavy atom. The van der Waals surface area contributed by atoms with Crippen molar-refractivity contribution in [2.45, 2.75) is 19.1 Å². The Morgan fingerprint density at radius 3 is 2.50 bits per heavy atom. The van der Waals surface area contributed by atoms with Gasteiger partial charge in [-0.3, -0.25) is 0 Å². The zero-order valence-electron chi connectivity index (χ0n) is 6.87. The number of aliphatic hydroxyl groups excluding tert-OH is 1. The summed E-state index contributed by atoms with van der Waals surface area (Å²) in [6.07, 6.45) is -0.579. The number of nitrogens with two attached hydrogens (primary N) is 1. The van der Waals surface area contributed by atoms with Gasteiger partial charge < -0.3 is 10.8 Å². The normalized spacial score (nSPS) is 15.7. The molecule has 1 aromatic carbocycles. The number of halogens is 1. The van der Waals surface area contributed by atoms with Gasteiger partial charge in [-0.05, 0) is 18.6 Å². The highest BCUT2D eigenvalue weighted by molar-refractivity contribution is 6.31. The fourth-order valence-electron chi connectivity index (χ4n) is 1.01. The van der Waals surface area contributed by atoms with E-state index in [1.165, 1.54) is 0 Å². The van der Waals surface area contributed by atoms with Crippen LogP contribution in [0.2, 0.25) is 5.02 Å². The largest absolute Gasteiger partial charge is 0.391 e. The minimum atomic E-state index is -0.579. The fraction of sp³-hybridized carbons (Fsp3) is 0.333. The van der Waals surface area contributed by atoms with E-state index in [0.29, 0.717) is 5.02 Å². The van der Waals surface area contributed by atoms with Crippen molar-refractivity contribution >= 4 is 11.6 Å². The molecule has 0 heterocycles. The molecule has 0 fully saturated rings. The first-order valence-electron chi connectivity index (χ1n) is 3.81. The van der Waals surface area contributed by atoms with Crippen LogP contribution in [-0.2, 0) is 0 Å². The second kappa shape index (κ2) is 3.90. The molecule has 3 N–H and O–H groups in total. The van der Waals surface area contributed by atoms with E-state index in [9.17, 15) is 5.11 Å². The first kappa shape index (κ1) is 9.52.